The van der Waals surface area contributed by atoms with E-state index in [0.29, 0.717) is 10.0 Å². The molecule has 4 nitrogen and oxygen atoms in total. The highest BCUT2D eigenvalue weighted by molar-refractivity contribution is 6.34. The van der Waals surface area contributed by atoms with E-state index in [1.807, 2.05) is 31.4 Å². The van der Waals surface area contributed by atoms with Crippen molar-refractivity contribution in [2.75, 3.05) is 0 Å². The van der Waals surface area contributed by atoms with Crippen LogP contribution < -0.4 is 11.3 Å². The number of hydrogen-bond acceptors (Lipinski definition) is 3. The van der Waals surface area contributed by atoms with Gasteiger partial charge in [0.05, 0.1) is 11.7 Å². The molecule has 0 saturated carbocycles. The van der Waals surface area contributed by atoms with E-state index in [1.54, 1.807) is 10.7 Å². The second-order valence-electron chi connectivity index (χ2n) is 3.72. The number of hydrazine groups is 1. The molecule has 2 aromatic rings. The number of aryl methyl sites for hydroxylation is 1. The second-order valence-corrected chi connectivity index (χ2v) is 4.59. The predicted molar refractivity (Wildman–Crippen MR) is 68.8 cm³/mol. The molecule has 0 saturated heterocycles. The standard InChI is InChI=1S/C11H12Cl2N4/c1-17-3-2-10(16-17)11(15-14)7-4-8(12)6-9(13)5-7/h2-6,11,15H,14H2,1H3. The average molecular weight is 271 g/mol. The van der Waals surface area contributed by atoms with Crippen LogP contribution in [0.1, 0.15) is 17.3 Å². The molecule has 2 rings (SSSR count). The first-order chi connectivity index (χ1) is 8.10. The highest BCUT2D eigenvalue weighted by Gasteiger charge is 2.16. The van der Waals surface area contributed by atoms with Crippen molar-refractivity contribution in [3.63, 3.8) is 0 Å². The Morgan fingerprint density at radius 2 is 1.94 bits per heavy atom. The molecule has 1 atom stereocenters. The molecule has 0 bridgehead atoms. The Balaban J connectivity index is 2.41. The summed E-state index contributed by atoms with van der Waals surface area (Å²) in [5.41, 5.74) is 4.40. The maximum absolute atomic E-state index is 5.97. The van der Waals surface area contributed by atoms with Crippen LogP contribution in [0.2, 0.25) is 10.0 Å². The second kappa shape index (κ2) is 5.06. The zero-order valence-corrected chi connectivity index (χ0v) is 10.7. The van der Waals surface area contributed by atoms with Gasteiger partial charge in [-0.25, -0.2) is 5.43 Å². The lowest BCUT2D eigenvalue weighted by Crippen LogP contribution is -2.29. The summed E-state index contributed by atoms with van der Waals surface area (Å²) in [4.78, 5) is 0. The number of nitrogens with two attached hydrogens (primary N) is 1. The molecule has 0 aliphatic heterocycles. The first-order valence-corrected chi connectivity index (χ1v) is 5.77. The Morgan fingerprint density at radius 3 is 2.41 bits per heavy atom. The molecule has 0 aliphatic rings. The van der Waals surface area contributed by atoms with Crippen molar-refractivity contribution >= 4 is 23.2 Å². The minimum Gasteiger partial charge on any atom is -0.275 e. The van der Waals surface area contributed by atoms with Gasteiger partial charge in [-0.3, -0.25) is 10.5 Å². The van der Waals surface area contributed by atoms with E-state index in [-0.39, 0.29) is 6.04 Å². The Morgan fingerprint density at radius 1 is 1.29 bits per heavy atom. The minimum absolute atomic E-state index is 0.229. The fraction of sp³-hybridized carbons (Fsp3) is 0.182. The highest BCUT2D eigenvalue weighted by atomic mass is 35.5. The summed E-state index contributed by atoms with van der Waals surface area (Å²) in [6.45, 7) is 0. The lowest BCUT2D eigenvalue weighted by molar-refractivity contribution is 0.603. The normalized spacial score (nSPS) is 12.7. The number of nitrogens with one attached hydrogen (secondary N) is 1. The van der Waals surface area contributed by atoms with Crippen LogP contribution in [0, 0.1) is 0 Å². The molecule has 6 heteroatoms. The van der Waals surface area contributed by atoms with Gasteiger partial charge in [0, 0.05) is 23.3 Å². The van der Waals surface area contributed by atoms with Crippen molar-refractivity contribution in [3.05, 3.63) is 51.8 Å². The number of halogens is 2. The molecule has 17 heavy (non-hydrogen) atoms. The third-order valence-corrected chi connectivity index (χ3v) is 2.85. The van der Waals surface area contributed by atoms with E-state index < -0.39 is 0 Å². The topological polar surface area (TPSA) is 55.9 Å². The maximum Gasteiger partial charge on any atom is 0.0901 e. The van der Waals surface area contributed by atoms with E-state index in [0.717, 1.165) is 11.3 Å². The monoisotopic (exact) mass is 270 g/mol. The Kier molecular flexibility index (Phi) is 3.69. The van der Waals surface area contributed by atoms with E-state index >= 15 is 0 Å². The molecule has 0 spiro atoms. The van der Waals surface area contributed by atoms with Crippen molar-refractivity contribution in [1.82, 2.24) is 15.2 Å². The van der Waals surface area contributed by atoms with Gasteiger partial charge in [-0.1, -0.05) is 23.2 Å². The molecule has 1 aromatic heterocycles. The molecule has 0 fully saturated rings. The van der Waals surface area contributed by atoms with Gasteiger partial charge in [-0.2, -0.15) is 5.10 Å². The number of hydrogen-bond donors (Lipinski definition) is 2. The molecule has 1 aromatic carbocycles. The molecule has 0 radical (unpaired) electrons. The molecule has 0 aliphatic carbocycles. The summed E-state index contributed by atoms with van der Waals surface area (Å²) >= 11 is 11.9. The Labute approximate surface area is 109 Å². The fourth-order valence-corrected chi connectivity index (χ4v) is 2.22. The predicted octanol–water partition coefficient (Wildman–Crippen LogP) is 2.28. The summed E-state index contributed by atoms with van der Waals surface area (Å²) in [6.07, 6.45) is 1.85. The molecule has 1 heterocycles. The molecule has 0 amide bonds. The lowest BCUT2D eigenvalue weighted by atomic mass is 10.0. The van der Waals surface area contributed by atoms with Crippen molar-refractivity contribution < 1.29 is 0 Å². The van der Waals surface area contributed by atoms with Gasteiger partial charge in [-0.15, -0.1) is 0 Å². The van der Waals surface area contributed by atoms with Gasteiger partial charge in [0.1, 0.15) is 0 Å². The number of rotatable bonds is 3. The quantitative estimate of drug-likeness (QED) is 0.665. The molecular weight excluding hydrogens is 259 g/mol. The van der Waals surface area contributed by atoms with Crippen molar-refractivity contribution in [2.45, 2.75) is 6.04 Å². The highest BCUT2D eigenvalue weighted by Crippen LogP contribution is 2.26. The van der Waals surface area contributed by atoms with E-state index in [9.17, 15) is 0 Å². The molecule has 1 unspecified atom stereocenters. The zero-order valence-electron chi connectivity index (χ0n) is 9.19. The first-order valence-electron chi connectivity index (χ1n) is 5.02. The summed E-state index contributed by atoms with van der Waals surface area (Å²) < 4.78 is 1.71. The van der Waals surface area contributed by atoms with Crippen molar-refractivity contribution in [1.29, 1.82) is 0 Å². The Hall–Kier alpha value is -1.07. The average Bonchev–Trinajstić information content (AvgIpc) is 2.64. The van der Waals surface area contributed by atoms with E-state index in [2.05, 4.69) is 10.5 Å². The molecular formula is C11H12Cl2N4. The number of nitrogens with zero attached hydrogens (tertiary/aromatic N) is 2. The number of aromatic nitrogens is 2. The Bertz CT molecular complexity index is 504. The minimum atomic E-state index is -0.229. The van der Waals surface area contributed by atoms with Crippen LogP contribution in [0.15, 0.2) is 30.5 Å². The van der Waals surface area contributed by atoms with E-state index in [4.69, 9.17) is 29.0 Å². The maximum atomic E-state index is 5.97. The fourth-order valence-electron chi connectivity index (χ4n) is 1.68. The van der Waals surface area contributed by atoms with Gasteiger partial charge < -0.3 is 0 Å². The van der Waals surface area contributed by atoms with Crippen LogP contribution in [0.5, 0.6) is 0 Å². The van der Waals surface area contributed by atoms with Crippen LogP contribution in [0.25, 0.3) is 0 Å². The third kappa shape index (κ3) is 2.79. The van der Waals surface area contributed by atoms with Crippen LogP contribution in [0.4, 0.5) is 0 Å². The van der Waals surface area contributed by atoms with Gasteiger partial charge >= 0.3 is 0 Å². The van der Waals surface area contributed by atoms with Gasteiger partial charge in [0.2, 0.25) is 0 Å². The van der Waals surface area contributed by atoms with E-state index in [1.165, 1.54) is 0 Å². The third-order valence-electron chi connectivity index (χ3n) is 2.41. The summed E-state index contributed by atoms with van der Waals surface area (Å²) in [6, 6.07) is 6.96. The van der Waals surface area contributed by atoms with Crippen molar-refractivity contribution in [3.8, 4) is 0 Å². The SMILES string of the molecule is Cn1ccc(C(NN)c2cc(Cl)cc(Cl)c2)n1. The first kappa shape index (κ1) is 12.4. The van der Waals surface area contributed by atoms with Gasteiger partial charge in [0.15, 0.2) is 0 Å². The van der Waals surface area contributed by atoms with Crippen LogP contribution in [-0.2, 0) is 7.05 Å². The largest absolute Gasteiger partial charge is 0.275 e. The summed E-state index contributed by atoms with van der Waals surface area (Å²) in [5.74, 6) is 5.56. The molecule has 3 N–H and O–H groups in total. The molecule has 90 valence electrons. The van der Waals surface area contributed by atoms with Crippen LogP contribution in [-0.4, -0.2) is 9.78 Å². The lowest BCUT2D eigenvalue weighted by Gasteiger charge is -2.14. The smallest absolute Gasteiger partial charge is 0.0901 e. The van der Waals surface area contributed by atoms with Crippen molar-refractivity contribution in [2.24, 2.45) is 12.9 Å². The van der Waals surface area contributed by atoms with Gasteiger partial charge in [0.25, 0.3) is 0 Å². The van der Waals surface area contributed by atoms with Crippen LogP contribution >= 0.6 is 23.2 Å². The van der Waals surface area contributed by atoms with Gasteiger partial charge in [-0.05, 0) is 29.8 Å². The summed E-state index contributed by atoms with van der Waals surface area (Å²) in [5, 5.41) is 5.45. The number of benzene rings is 1. The van der Waals surface area contributed by atoms with Crippen LogP contribution in [0.3, 0.4) is 0 Å². The summed E-state index contributed by atoms with van der Waals surface area (Å²) in [7, 11) is 1.85. The zero-order chi connectivity index (χ0) is 12.4.